The van der Waals surface area contributed by atoms with Crippen LogP contribution in [0.25, 0.3) is 0 Å². The molecule has 6 nitrogen and oxygen atoms in total. The Balaban J connectivity index is 1.55. The lowest BCUT2D eigenvalue weighted by atomic mass is 9.82. The van der Waals surface area contributed by atoms with E-state index >= 15 is 4.39 Å². The zero-order chi connectivity index (χ0) is 29.0. The van der Waals surface area contributed by atoms with Crippen LogP contribution in [0, 0.1) is 17.2 Å². The third-order valence-electron chi connectivity index (χ3n) is 8.37. The van der Waals surface area contributed by atoms with Gasteiger partial charge in [-0.1, -0.05) is 57.2 Å². The molecule has 2 amide bonds. The van der Waals surface area contributed by atoms with E-state index in [1.165, 1.54) is 0 Å². The van der Waals surface area contributed by atoms with E-state index in [4.69, 9.17) is 4.74 Å². The van der Waals surface area contributed by atoms with E-state index in [0.29, 0.717) is 32.0 Å². The molecule has 0 aromatic heterocycles. The molecule has 2 aromatic carbocycles. The first-order valence-electron chi connectivity index (χ1n) is 14.7. The third kappa shape index (κ3) is 7.22. The van der Waals surface area contributed by atoms with Crippen molar-refractivity contribution in [3.63, 3.8) is 0 Å². The maximum absolute atomic E-state index is 15.2. The van der Waals surface area contributed by atoms with Crippen LogP contribution in [0.1, 0.15) is 78.0 Å². The number of piperidine rings is 1. The summed E-state index contributed by atoms with van der Waals surface area (Å²) in [5, 5.41) is 0. The number of benzene rings is 2. The molecule has 2 aliphatic heterocycles. The summed E-state index contributed by atoms with van der Waals surface area (Å²) in [4.78, 5) is 31.8. The first-order valence-corrected chi connectivity index (χ1v) is 14.7. The smallest absolute Gasteiger partial charge is 0.223 e. The molecule has 218 valence electrons. The molecule has 2 aromatic rings. The van der Waals surface area contributed by atoms with Crippen molar-refractivity contribution in [3.8, 4) is 5.75 Å². The second-order valence-electron chi connectivity index (χ2n) is 12.8. The number of carbonyl (C=O) groups excluding carboxylic acids is 2. The van der Waals surface area contributed by atoms with Crippen LogP contribution in [-0.4, -0.2) is 71.4 Å². The van der Waals surface area contributed by atoms with Crippen LogP contribution in [0.3, 0.4) is 0 Å². The molecule has 2 atom stereocenters. The Hall–Kier alpha value is -2.93. The van der Waals surface area contributed by atoms with Gasteiger partial charge in [0.1, 0.15) is 0 Å². The SMILES string of the molecule is CC(=O)N1CCC(CC(=O)N2CCN(C(c3ccccc3)c3ccc(OC(C)C)c(F)c3)C[C@@H]2C(C)(C)C)CC1. The molecule has 7 heteroatoms. The molecule has 2 fully saturated rings. The fourth-order valence-corrected chi connectivity index (χ4v) is 6.18. The van der Waals surface area contributed by atoms with Crippen LogP contribution in [0.15, 0.2) is 48.5 Å². The van der Waals surface area contributed by atoms with E-state index in [1.807, 2.05) is 43.0 Å². The highest BCUT2D eigenvalue weighted by Gasteiger charge is 2.41. The van der Waals surface area contributed by atoms with Gasteiger partial charge in [-0.2, -0.15) is 0 Å². The van der Waals surface area contributed by atoms with Crippen molar-refractivity contribution in [1.29, 1.82) is 0 Å². The Morgan fingerprint density at radius 2 is 1.65 bits per heavy atom. The van der Waals surface area contributed by atoms with Gasteiger partial charge in [0.15, 0.2) is 11.6 Å². The van der Waals surface area contributed by atoms with Gasteiger partial charge in [0, 0.05) is 52.1 Å². The molecular formula is C33H46FN3O3. The van der Waals surface area contributed by atoms with E-state index in [9.17, 15) is 9.59 Å². The number of piperazine rings is 1. The average molecular weight is 552 g/mol. The van der Waals surface area contributed by atoms with Crippen LogP contribution in [0.2, 0.25) is 0 Å². The molecular weight excluding hydrogens is 505 g/mol. The van der Waals surface area contributed by atoms with Crippen molar-refractivity contribution in [2.45, 2.75) is 79.0 Å². The molecule has 0 N–H and O–H groups in total. The maximum Gasteiger partial charge on any atom is 0.223 e. The van der Waals surface area contributed by atoms with Gasteiger partial charge in [0.2, 0.25) is 11.8 Å². The van der Waals surface area contributed by atoms with Crippen LogP contribution in [0.5, 0.6) is 5.75 Å². The lowest BCUT2D eigenvalue weighted by Crippen LogP contribution is -2.60. The van der Waals surface area contributed by atoms with E-state index in [1.54, 1.807) is 19.1 Å². The van der Waals surface area contributed by atoms with Gasteiger partial charge < -0.3 is 14.5 Å². The van der Waals surface area contributed by atoms with Crippen molar-refractivity contribution >= 4 is 11.8 Å². The first kappa shape index (κ1) is 30.0. The number of likely N-dealkylation sites (tertiary alicyclic amines) is 1. The van der Waals surface area contributed by atoms with E-state index < -0.39 is 0 Å². The third-order valence-corrected chi connectivity index (χ3v) is 8.37. The summed E-state index contributed by atoms with van der Waals surface area (Å²) in [6.45, 7) is 15.5. The van der Waals surface area contributed by atoms with Crippen LogP contribution in [0.4, 0.5) is 4.39 Å². The number of halogens is 1. The van der Waals surface area contributed by atoms with Gasteiger partial charge in [0.05, 0.1) is 12.1 Å². The zero-order valence-corrected chi connectivity index (χ0v) is 25.0. The fourth-order valence-electron chi connectivity index (χ4n) is 6.18. The van der Waals surface area contributed by atoms with Crippen molar-refractivity contribution in [1.82, 2.24) is 14.7 Å². The van der Waals surface area contributed by atoms with Crippen molar-refractivity contribution in [3.05, 3.63) is 65.5 Å². The Morgan fingerprint density at radius 3 is 2.23 bits per heavy atom. The quantitative estimate of drug-likeness (QED) is 0.429. The number of hydrogen-bond donors (Lipinski definition) is 0. The minimum atomic E-state index is -0.357. The highest BCUT2D eigenvalue weighted by atomic mass is 19.1. The Labute approximate surface area is 239 Å². The molecule has 0 saturated carbocycles. The van der Waals surface area contributed by atoms with Crippen molar-refractivity contribution in [2.75, 3.05) is 32.7 Å². The molecule has 0 aliphatic carbocycles. The highest BCUT2D eigenvalue weighted by Crippen LogP contribution is 2.37. The number of ether oxygens (including phenoxy) is 1. The van der Waals surface area contributed by atoms with Crippen LogP contribution < -0.4 is 4.74 Å². The molecule has 2 aliphatic rings. The summed E-state index contributed by atoms with van der Waals surface area (Å²) in [6, 6.07) is 15.4. The zero-order valence-electron chi connectivity index (χ0n) is 25.0. The monoisotopic (exact) mass is 551 g/mol. The van der Waals surface area contributed by atoms with E-state index in [2.05, 4.69) is 42.7 Å². The second kappa shape index (κ2) is 12.7. The summed E-state index contributed by atoms with van der Waals surface area (Å²) in [5.74, 6) is 0.544. The molecule has 1 unspecified atom stereocenters. The standard InChI is InChI=1S/C33H46FN3O3/c1-23(2)40-29-13-12-27(21-28(29)34)32(26-10-8-7-9-11-26)36-18-19-37(30(22-36)33(4,5)6)31(39)20-25-14-16-35(17-15-25)24(3)38/h7-13,21,23,25,30,32H,14-20,22H2,1-6H3/t30-,32?/m1/s1. The molecule has 2 heterocycles. The lowest BCUT2D eigenvalue weighted by Gasteiger charge is -2.50. The highest BCUT2D eigenvalue weighted by molar-refractivity contribution is 5.77. The predicted molar refractivity (Wildman–Crippen MR) is 157 cm³/mol. The average Bonchev–Trinajstić information content (AvgIpc) is 2.90. The molecule has 4 rings (SSSR count). The van der Waals surface area contributed by atoms with Gasteiger partial charge in [-0.15, -0.1) is 0 Å². The van der Waals surface area contributed by atoms with Crippen molar-refractivity contribution < 1.29 is 18.7 Å². The normalized spacial score (nSPS) is 20.1. The fraction of sp³-hybridized carbons (Fsp3) is 0.576. The molecule has 0 spiro atoms. The summed E-state index contributed by atoms with van der Waals surface area (Å²) in [7, 11) is 0. The van der Waals surface area contributed by atoms with Gasteiger partial charge in [-0.25, -0.2) is 4.39 Å². The Morgan fingerprint density at radius 1 is 0.975 bits per heavy atom. The van der Waals surface area contributed by atoms with Gasteiger partial charge in [0.25, 0.3) is 0 Å². The summed E-state index contributed by atoms with van der Waals surface area (Å²) in [5.41, 5.74) is 1.85. The number of nitrogens with zero attached hydrogens (tertiary/aromatic N) is 3. The Bertz CT molecular complexity index is 1160. The topological polar surface area (TPSA) is 53.1 Å². The van der Waals surface area contributed by atoms with E-state index in [-0.39, 0.29) is 47.0 Å². The largest absolute Gasteiger partial charge is 0.488 e. The summed E-state index contributed by atoms with van der Waals surface area (Å²) < 4.78 is 20.8. The molecule has 0 bridgehead atoms. The maximum atomic E-state index is 15.2. The molecule has 0 radical (unpaired) electrons. The van der Waals surface area contributed by atoms with Crippen molar-refractivity contribution in [2.24, 2.45) is 11.3 Å². The lowest BCUT2D eigenvalue weighted by molar-refractivity contribution is -0.141. The van der Waals surface area contributed by atoms with Gasteiger partial charge in [-0.3, -0.25) is 14.5 Å². The molecule has 40 heavy (non-hydrogen) atoms. The number of rotatable bonds is 7. The number of amides is 2. The predicted octanol–water partition coefficient (Wildman–Crippen LogP) is 5.91. The van der Waals surface area contributed by atoms with Gasteiger partial charge in [-0.05, 0) is 61.3 Å². The van der Waals surface area contributed by atoms with Crippen LogP contribution in [-0.2, 0) is 9.59 Å². The minimum absolute atomic E-state index is 0.0191. The summed E-state index contributed by atoms with van der Waals surface area (Å²) >= 11 is 0. The summed E-state index contributed by atoms with van der Waals surface area (Å²) in [6.07, 6.45) is 2.18. The first-order chi connectivity index (χ1) is 18.9. The number of carbonyl (C=O) groups is 2. The minimum Gasteiger partial charge on any atom is -0.488 e. The Kier molecular flexibility index (Phi) is 9.55. The van der Waals surface area contributed by atoms with Crippen LogP contribution >= 0.6 is 0 Å². The molecule has 2 saturated heterocycles. The van der Waals surface area contributed by atoms with Gasteiger partial charge >= 0.3 is 0 Å². The van der Waals surface area contributed by atoms with E-state index in [0.717, 1.165) is 37.1 Å². The second-order valence-corrected chi connectivity index (χ2v) is 12.8. The number of hydrogen-bond acceptors (Lipinski definition) is 4.